The van der Waals surface area contributed by atoms with Gasteiger partial charge in [0, 0.05) is 17.6 Å². The number of halogens is 1. The molecule has 1 amide bonds. The largest absolute Gasteiger partial charge is 0.449 e. The van der Waals surface area contributed by atoms with Crippen molar-refractivity contribution in [1.82, 2.24) is 5.32 Å². The van der Waals surface area contributed by atoms with Crippen LogP contribution in [0.15, 0.2) is 18.2 Å². The van der Waals surface area contributed by atoms with Crippen LogP contribution < -0.4 is 5.32 Å². The highest BCUT2D eigenvalue weighted by Gasteiger charge is 2.25. The first-order valence-electron chi connectivity index (χ1n) is 6.29. The molecule has 0 radical (unpaired) electrons. The molecule has 1 N–H and O–H groups in total. The zero-order chi connectivity index (χ0) is 16.0. The van der Waals surface area contributed by atoms with Crippen molar-refractivity contribution in [2.75, 3.05) is 6.54 Å². The normalized spacial score (nSPS) is 11.6. The molecule has 1 aromatic carbocycles. The van der Waals surface area contributed by atoms with Gasteiger partial charge in [0.1, 0.15) is 5.56 Å². The van der Waals surface area contributed by atoms with Crippen LogP contribution in [0.25, 0.3) is 0 Å². The molecule has 0 spiro atoms. The minimum Gasteiger partial charge on any atom is -0.449 e. The summed E-state index contributed by atoms with van der Waals surface area (Å²) in [7, 11) is 0. The summed E-state index contributed by atoms with van der Waals surface area (Å²) >= 11 is 5.72. The van der Waals surface area contributed by atoms with E-state index in [-0.39, 0.29) is 10.6 Å². The highest BCUT2D eigenvalue weighted by atomic mass is 35.5. The lowest BCUT2D eigenvalue weighted by Gasteiger charge is -2.13. The fourth-order valence-corrected chi connectivity index (χ4v) is 1.67. The fourth-order valence-electron chi connectivity index (χ4n) is 1.50. The van der Waals surface area contributed by atoms with Gasteiger partial charge in [-0.15, -0.1) is 0 Å². The number of amides is 1. The summed E-state index contributed by atoms with van der Waals surface area (Å²) in [6.45, 7) is 3.73. The predicted octanol–water partition coefficient (Wildman–Crippen LogP) is 2.32. The summed E-state index contributed by atoms with van der Waals surface area (Å²) < 4.78 is 4.93. The van der Waals surface area contributed by atoms with Crippen LogP contribution in [0.1, 0.15) is 30.6 Å². The SMILES string of the molecule is CCCNC(=O)C(C)OC(=O)c1cc(Cl)ccc1[N+](=O)[O-]. The number of nitrogens with zero attached hydrogens (tertiary/aromatic N) is 1. The molecular weight excluding hydrogens is 300 g/mol. The smallest absolute Gasteiger partial charge is 0.345 e. The highest BCUT2D eigenvalue weighted by Crippen LogP contribution is 2.23. The topological polar surface area (TPSA) is 98.5 Å². The van der Waals surface area contributed by atoms with Crippen molar-refractivity contribution in [2.24, 2.45) is 0 Å². The number of rotatable bonds is 6. The van der Waals surface area contributed by atoms with Gasteiger partial charge in [0.05, 0.1) is 4.92 Å². The van der Waals surface area contributed by atoms with Crippen molar-refractivity contribution in [3.8, 4) is 0 Å². The molecule has 8 heteroatoms. The highest BCUT2D eigenvalue weighted by molar-refractivity contribution is 6.31. The van der Waals surface area contributed by atoms with Gasteiger partial charge in [-0.25, -0.2) is 4.79 Å². The lowest BCUT2D eigenvalue weighted by molar-refractivity contribution is -0.385. The van der Waals surface area contributed by atoms with E-state index in [2.05, 4.69) is 5.32 Å². The number of hydrogen-bond acceptors (Lipinski definition) is 5. The number of nitro groups is 1. The van der Waals surface area contributed by atoms with Crippen molar-refractivity contribution in [1.29, 1.82) is 0 Å². The molecule has 0 aliphatic heterocycles. The van der Waals surface area contributed by atoms with Gasteiger partial charge >= 0.3 is 5.97 Å². The zero-order valence-electron chi connectivity index (χ0n) is 11.6. The van der Waals surface area contributed by atoms with Crippen LogP contribution in [0.5, 0.6) is 0 Å². The third-order valence-electron chi connectivity index (χ3n) is 2.58. The molecule has 1 atom stereocenters. The molecule has 0 heterocycles. The van der Waals surface area contributed by atoms with Crippen LogP contribution in [0, 0.1) is 10.1 Å². The van der Waals surface area contributed by atoms with E-state index in [4.69, 9.17) is 16.3 Å². The Hall–Kier alpha value is -2.15. The van der Waals surface area contributed by atoms with E-state index >= 15 is 0 Å². The van der Waals surface area contributed by atoms with E-state index in [0.29, 0.717) is 6.54 Å². The van der Waals surface area contributed by atoms with Crippen LogP contribution in [0.4, 0.5) is 5.69 Å². The van der Waals surface area contributed by atoms with Crippen LogP contribution in [-0.2, 0) is 9.53 Å². The number of benzene rings is 1. The predicted molar refractivity (Wildman–Crippen MR) is 76.3 cm³/mol. The van der Waals surface area contributed by atoms with Gasteiger partial charge in [0.2, 0.25) is 0 Å². The average Bonchev–Trinajstić information content (AvgIpc) is 2.43. The summed E-state index contributed by atoms with van der Waals surface area (Å²) in [5.41, 5.74) is -0.715. The Kier molecular flexibility index (Phi) is 6.10. The molecule has 1 aromatic rings. The molecule has 0 saturated carbocycles. The molecule has 21 heavy (non-hydrogen) atoms. The zero-order valence-corrected chi connectivity index (χ0v) is 12.3. The maximum atomic E-state index is 11.9. The molecule has 0 bridgehead atoms. The second-order valence-corrected chi connectivity index (χ2v) is 4.69. The molecule has 1 unspecified atom stereocenters. The van der Waals surface area contributed by atoms with Crippen molar-refractivity contribution >= 4 is 29.2 Å². The van der Waals surface area contributed by atoms with Gasteiger partial charge in [-0.2, -0.15) is 0 Å². The van der Waals surface area contributed by atoms with Gasteiger partial charge < -0.3 is 10.1 Å². The van der Waals surface area contributed by atoms with Crippen molar-refractivity contribution < 1.29 is 19.2 Å². The van der Waals surface area contributed by atoms with Crippen molar-refractivity contribution in [2.45, 2.75) is 26.4 Å². The quantitative estimate of drug-likeness (QED) is 0.493. The van der Waals surface area contributed by atoms with Crippen molar-refractivity contribution in [3.63, 3.8) is 0 Å². The Morgan fingerprint density at radius 2 is 2.14 bits per heavy atom. The van der Waals surface area contributed by atoms with Gasteiger partial charge in [0.15, 0.2) is 6.10 Å². The number of esters is 1. The van der Waals surface area contributed by atoms with Crippen LogP contribution in [-0.4, -0.2) is 29.4 Å². The second kappa shape index (κ2) is 7.58. The van der Waals surface area contributed by atoms with E-state index in [9.17, 15) is 19.7 Å². The first-order chi connectivity index (χ1) is 9.86. The van der Waals surface area contributed by atoms with E-state index in [1.54, 1.807) is 0 Å². The molecule has 7 nitrogen and oxygen atoms in total. The minimum atomic E-state index is -1.05. The molecule has 0 aliphatic carbocycles. The average molecular weight is 315 g/mol. The minimum absolute atomic E-state index is 0.163. The van der Waals surface area contributed by atoms with E-state index in [1.807, 2.05) is 6.92 Å². The summed E-state index contributed by atoms with van der Waals surface area (Å²) in [6, 6.07) is 3.55. The standard InChI is InChI=1S/C13H15ClN2O5/c1-3-6-15-12(17)8(2)21-13(18)10-7-9(14)4-5-11(10)16(19)20/h4-5,7-8H,3,6H2,1-2H3,(H,15,17). The molecule has 0 aliphatic rings. The number of nitro benzene ring substituents is 1. The number of carbonyl (C=O) groups is 2. The van der Waals surface area contributed by atoms with E-state index < -0.39 is 28.6 Å². The molecule has 114 valence electrons. The lowest BCUT2D eigenvalue weighted by atomic mass is 10.2. The first-order valence-corrected chi connectivity index (χ1v) is 6.67. The number of carbonyl (C=O) groups excluding carboxylic acids is 2. The third kappa shape index (κ3) is 4.71. The Morgan fingerprint density at radius 3 is 2.71 bits per heavy atom. The summed E-state index contributed by atoms with van der Waals surface area (Å²) in [5.74, 6) is -1.43. The Bertz CT molecular complexity index is 561. The van der Waals surface area contributed by atoms with Crippen LogP contribution in [0.3, 0.4) is 0 Å². The Morgan fingerprint density at radius 1 is 1.48 bits per heavy atom. The van der Waals surface area contributed by atoms with Crippen molar-refractivity contribution in [3.05, 3.63) is 38.9 Å². The molecule has 0 aromatic heterocycles. The maximum Gasteiger partial charge on any atom is 0.345 e. The van der Waals surface area contributed by atoms with Gasteiger partial charge in [-0.05, 0) is 25.5 Å². The van der Waals surface area contributed by atoms with E-state index in [0.717, 1.165) is 18.6 Å². The summed E-state index contributed by atoms with van der Waals surface area (Å²) in [6.07, 6.45) is -0.311. The maximum absolute atomic E-state index is 11.9. The Labute approximate surface area is 126 Å². The number of ether oxygens (including phenoxy) is 1. The molecular formula is C13H15ClN2O5. The summed E-state index contributed by atoms with van der Waals surface area (Å²) in [4.78, 5) is 33.7. The van der Waals surface area contributed by atoms with E-state index in [1.165, 1.54) is 13.0 Å². The lowest BCUT2D eigenvalue weighted by Crippen LogP contribution is -2.36. The molecule has 0 saturated heterocycles. The number of nitrogens with one attached hydrogen (secondary N) is 1. The number of hydrogen-bond donors (Lipinski definition) is 1. The molecule has 1 rings (SSSR count). The second-order valence-electron chi connectivity index (χ2n) is 4.26. The van der Waals surface area contributed by atoms with Crippen LogP contribution >= 0.6 is 11.6 Å². The fraction of sp³-hybridized carbons (Fsp3) is 0.385. The molecule has 0 fully saturated rings. The van der Waals surface area contributed by atoms with Crippen LogP contribution in [0.2, 0.25) is 5.02 Å². The van der Waals surface area contributed by atoms with Gasteiger partial charge in [-0.1, -0.05) is 18.5 Å². The van der Waals surface area contributed by atoms with Gasteiger partial charge in [-0.3, -0.25) is 14.9 Å². The third-order valence-corrected chi connectivity index (χ3v) is 2.81. The van der Waals surface area contributed by atoms with Gasteiger partial charge in [0.25, 0.3) is 11.6 Å². The first kappa shape index (κ1) is 16.9. The monoisotopic (exact) mass is 314 g/mol. The Balaban J connectivity index is 2.87. The summed E-state index contributed by atoms with van der Waals surface area (Å²) in [5, 5.41) is 13.6.